The zero-order chi connectivity index (χ0) is 17.2. The van der Waals surface area contributed by atoms with Gasteiger partial charge >= 0.3 is 0 Å². The van der Waals surface area contributed by atoms with Gasteiger partial charge in [0.15, 0.2) is 0 Å². The number of pyridine rings is 1. The molecule has 1 saturated heterocycles. The molecular weight excluding hydrogens is 352 g/mol. The van der Waals surface area contributed by atoms with E-state index < -0.39 is 0 Å². The molecule has 0 atom stereocenters. The third-order valence-corrected chi connectivity index (χ3v) is 6.18. The zero-order valence-corrected chi connectivity index (χ0v) is 16.1. The fourth-order valence-corrected chi connectivity index (χ4v) is 4.77. The van der Waals surface area contributed by atoms with Crippen LogP contribution in [-0.2, 0) is 0 Å². The van der Waals surface area contributed by atoms with Crippen molar-refractivity contribution in [3.63, 3.8) is 0 Å². The van der Waals surface area contributed by atoms with Crippen LogP contribution >= 0.6 is 23.4 Å². The van der Waals surface area contributed by atoms with Crippen molar-refractivity contribution in [2.75, 3.05) is 51.2 Å². The van der Waals surface area contributed by atoms with Crippen molar-refractivity contribution in [3.8, 4) is 0 Å². The van der Waals surface area contributed by atoms with Crippen molar-refractivity contribution in [1.82, 2.24) is 14.8 Å². The van der Waals surface area contributed by atoms with Crippen molar-refractivity contribution < 1.29 is 0 Å². The monoisotopic (exact) mass is 374 g/mol. The third kappa shape index (κ3) is 3.80. The second-order valence-electron chi connectivity index (χ2n) is 6.70. The molecule has 0 amide bonds. The van der Waals surface area contributed by atoms with Crippen LogP contribution < -0.4 is 4.90 Å². The van der Waals surface area contributed by atoms with Gasteiger partial charge in [0.1, 0.15) is 5.82 Å². The lowest BCUT2D eigenvalue weighted by Crippen LogP contribution is -2.45. The van der Waals surface area contributed by atoms with Crippen LogP contribution in [0.1, 0.15) is 6.42 Å². The lowest BCUT2D eigenvalue weighted by molar-refractivity contribution is 0.153. The van der Waals surface area contributed by atoms with Gasteiger partial charge in [-0.05, 0) is 38.2 Å². The highest BCUT2D eigenvalue weighted by atomic mass is 35.5. The van der Waals surface area contributed by atoms with Crippen LogP contribution in [0.5, 0.6) is 0 Å². The minimum Gasteiger partial charge on any atom is -0.324 e. The number of hydrogen-bond donors (Lipinski definition) is 0. The van der Waals surface area contributed by atoms with Gasteiger partial charge in [-0.3, -0.25) is 0 Å². The molecule has 0 unspecified atom stereocenters. The normalized spacial score (nSPS) is 18.1. The first-order valence-corrected chi connectivity index (χ1v) is 10.0. The predicted octanol–water partition coefficient (Wildman–Crippen LogP) is 3.98. The molecule has 0 spiro atoms. The third-order valence-electron chi connectivity index (χ3n) is 4.88. The lowest BCUT2D eigenvalue weighted by Gasteiger charge is -2.34. The highest BCUT2D eigenvalue weighted by Gasteiger charge is 2.24. The molecule has 1 fully saturated rings. The first-order valence-electron chi connectivity index (χ1n) is 8.81. The van der Waals surface area contributed by atoms with Gasteiger partial charge in [0, 0.05) is 43.8 Å². The fourth-order valence-electron chi connectivity index (χ4n) is 3.44. The second kappa shape index (κ2) is 7.54. The lowest BCUT2D eigenvalue weighted by atomic mass is 10.2. The molecule has 1 aromatic carbocycles. The minimum atomic E-state index is 0.697. The van der Waals surface area contributed by atoms with Crippen LogP contribution in [0.4, 0.5) is 11.5 Å². The van der Waals surface area contributed by atoms with Gasteiger partial charge in [-0.15, -0.1) is 0 Å². The Morgan fingerprint density at radius 1 is 1.08 bits per heavy atom. The molecule has 3 heterocycles. The maximum absolute atomic E-state index is 6.16. The van der Waals surface area contributed by atoms with Gasteiger partial charge < -0.3 is 14.7 Å². The zero-order valence-electron chi connectivity index (χ0n) is 14.5. The molecule has 4 nitrogen and oxygen atoms in total. The molecule has 0 aliphatic carbocycles. The first kappa shape index (κ1) is 17.2. The van der Waals surface area contributed by atoms with Crippen LogP contribution in [0.3, 0.4) is 0 Å². The SMILES string of the molecule is CN1CCN(CCCN2c3ccccc3Sc3cc(Cl)cnc32)CC1. The van der Waals surface area contributed by atoms with Gasteiger partial charge in [0.2, 0.25) is 0 Å². The molecular formula is C19H23ClN4S. The first-order chi connectivity index (χ1) is 12.2. The van der Waals surface area contributed by atoms with Crippen LogP contribution in [0.2, 0.25) is 5.02 Å². The summed E-state index contributed by atoms with van der Waals surface area (Å²) >= 11 is 7.92. The van der Waals surface area contributed by atoms with Crippen molar-refractivity contribution in [2.45, 2.75) is 16.2 Å². The number of hydrogen-bond acceptors (Lipinski definition) is 5. The smallest absolute Gasteiger partial charge is 0.147 e. The Hall–Kier alpha value is -1.27. The van der Waals surface area contributed by atoms with Gasteiger partial charge in [-0.1, -0.05) is 35.5 Å². The average molecular weight is 375 g/mol. The molecule has 0 N–H and O–H groups in total. The van der Waals surface area contributed by atoms with E-state index in [1.54, 1.807) is 18.0 Å². The van der Waals surface area contributed by atoms with E-state index in [0.29, 0.717) is 5.02 Å². The van der Waals surface area contributed by atoms with Gasteiger partial charge in [0.05, 0.1) is 15.6 Å². The summed E-state index contributed by atoms with van der Waals surface area (Å²) in [4.78, 5) is 14.4. The van der Waals surface area contributed by atoms with Gasteiger partial charge in [-0.25, -0.2) is 4.98 Å². The molecule has 2 aromatic rings. The maximum atomic E-state index is 6.16. The number of piperazine rings is 1. The Labute approximate surface area is 158 Å². The van der Waals surface area contributed by atoms with Crippen LogP contribution in [0.15, 0.2) is 46.3 Å². The van der Waals surface area contributed by atoms with E-state index in [2.05, 4.69) is 51.0 Å². The van der Waals surface area contributed by atoms with Crippen LogP contribution in [0.25, 0.3) is 0 Å². The Morgan fingerprint density at radius 2 is 1.88 bits per heavy atom. The Morgan fingerprint density at radius 3 is 2.72 bits per heavy atom. The molecule has 4 rings (SSSR count). The van der Waals surface area contributed by atoms with Crippen LogP contribution in [-0.4, -0.2) is 61.1 Å². The molecule has 2 aliphatic heterocycles. The van der Waals surface area contributed by atoms with Crippen molar-refractivity contribution >= 4 is 34.9 Å². The number of nitrogens with zero attached hydrogens (tertiary/aromatic N) is 4. The topological polar surface area (TPSA) is 22.6 Å². The summed E-state index contributed by atoms with van der Waals surface area (Å²) in [6.45, 7) is 6.81. The Kier molecular flexibility index (Phi) is 5.17. The van der Waals surface area contributed by atoms with E-state index in [1.165, 1.54) is 36.8 Å². The minimum absolute atomic E-state index is 0.697. The van der Waals surface area contributed by atoms with E-state index in [1.807, 2.05) is 6.07 Å². The quantitative estimate of drug-likeness (QED) is 0.805. The largest absolute Gasteiger partial charge is 0.324 e. The molecule has 2 aliphatic rings. The number of rotatable bonds is 4. The summed E-state index contributed by atoms with van der Waals surface area (Å²) in [5, 5.41) is 0.697. The fraction of sp³-hybridized carbons (Fsp3) is 0.421. The molecule has 6 heteroatoms. The molecule has 25 heavy (non-hydrogen) atoms. The number of anilines is 2. The second-order valence-corrected chi connectivity index (χ2v) is 8.22. The van der Waals surface area contributed by atoms with E-state index >= 15 is 0 Å². The maximum Gasteiger partial charge on any atom is 0.147 e. The summed E-state index contributed by atoms with van der Waals surface area (Å²) in [5.74, 6) is 1.03. The number of likely N-dealkylation sites (N-methyl/N-ethyl adjacent to an activating group) is 1. The summed E-state index contributed by atoms with van der Waals surface area (Å²) in [6, 6.07) is 10.6. The standard InChI is InChI=1S/C19H23ClN4S/c1-22-9-11-23(12-10-22)7-4-8-24-16-5-2-3-6-17(16)25-18-13-15(20)14-21-19(18)24/h2-3,5-6,13-14H,4,7-12H2,1H3. The van der Waals surface area contributed by atoms with Crippen molar-refractivity contribution in [1.29, 1.82) is 0 Å². The molecule has 132 valence electrons. The van der Waals surface area contributed by atoms with Crippen molar-refractivity contribution in [3.05, 3.63) is 41.6 Å². The van der Waals surface area contributed by atoms with E-state index in [9.17, 15) is 0 Å². The highest BCUT2D eigenvalue weighted by Crippen LogP contribution is 2.47. The number of halogens is 1. The van der Waals surface area contributed by atoms with Gasteiger partial charge in [0.25, 0.3) is 0 Å². The summed E-state index contributed by atoms with van der Waals surface area (Å²) < 4.78 is 0. The number of aromatic nitrogens is 1. The molecule has 0 bridgehead atoms. The van der Waals surface area contributed by atoms with E-state index in [0.717, 1.165) is 30.2 Å². The number of para-hydroxylation sites is 1. The summed E-state index contributed by atoms with van der Waals surface area (Å²) in [7, 11) is 2.20. The molecule has 0 radical (unpaired) electrons. The van der Waals surface area contributed by atoms with Crippen LogP contribution in [0, 0.1) is 0 Å². The van der Waals surface area contributed by atoms with E-state index in [-0.39, 0.29) is 0 Å². The van der Waals surface area contributed by atoms with Crippen molar-refractivity contribution in [2.24, 2.45) is 0 Å². The highest BCUT2D eigenvalue weighted by molar-refractivity contribution is 7.99. The average Bonchev–Trinajstić information content (AvgIpc) is 2.62. The number of fused-ring (bicyclic) bond motifs is 2. The Bertz CT molecular complexity index is 746. The Balaban J connectivity index is 1.49. The molecule has 1 aromatic heterocycles. The van der Waals surface area contributed by atoms with E-state index in [4.69, 9.17) is 11.6 Å². The number of benzene rings is 1. The summed E-state index contributed by atoms with van der Waals surface area (Å²) in [5.41, 5.74) is 1.26. The predicted molar refractivity (Wildman–Crippen MR) is 105 cm³/mol. The molecule has 0 saturated carbocycles. The summed E-state index contributed by atoms with van der Waals surface area (Å²) in [6.07, 6.45) is 2.88. The van der Waals surface area contributed by atoms with Gasteiger partial charge in [-0.2, -0.15) is 0 Å².